The minimum Gasteiger partial charge on any atom is -0.465 e. The monoisotopic (exact) mass is 470 g/mol. The molecule has 7 nitrogen and oxygen atoms in total. The Morgan fingerprint density at radius 2 is 1.88 bits per heavy atom. The van der Waals surface area contributed by atoms with Crippen molar-refractivity contribution in [3.63, 3.8) is 0 Å². The number of aromatic nitrogens is 3. The highest BCUT2D eigenvalue weighted by Gasteiger charge is 2.33. The number of ether oxygens (including phenoxy) is 2. The van der Waals surface area contributed by atoms with E-state index in [1.165, 1.54) is 19.4 Å². The Balaban J connectivity index is 1.80. The number of imidazole rings is 1. The molecule has 0 radical (unpaired) electrons. The third-order valence-electron chi connectivity index (χ3n) is 5.99. The summed E-state index contributed by atoms with van der Waals surface area (Å²) in [6, 6.07) is 9.27. The first-order chi connectivity index (χ1) is 16.3. The summed E-state index contributed by atoms with van der Waals surface area (Å²) < 4.78 is 53.1. The zero-order valence-corrected chi connectivity index (χ0v) is 18.5. The number of aryl methyl sites for hydroxylation is 1. The van der Waals surface area contributed by atoms with Gasteiger partial charge in [-0.15, -0.1) is 0 Å². The predicted octanol–water partition coefficient (Wildman–Crippen LogP) is 4.52. The van der Waals surface area contributed by atoms with Crippen LogP contribution in [0.2, 0.25) is 0 Å². The SMILES string of the molecule is COC(=O)c1cc(N2CCOCC2)cc2c1nc(C)n2-c1ccnc2c(C(F)(F)F)cccc12. The van der Waals surface area contributed by atoms with Gasteiger partial charge >= 0.3 is 12.1 Å². The van der Waals surface area contributed by atoms with E-state index in [1.807, 2.05) is 6.07 Å². The number of alkyl halides is 3. The second kappa shape index (κ2) is 8.28. The maximum Gasteiger partial charge on any atom is 0.418 e. The molecule has 1 saturated heterocycles. The number of morpholine rings is 1. The Labute approximate surface area is 192 Å². The van der Waals surface area contributed by atoms with Crippen molar-refractivity contribution in [1.82, 2.24) is 14.5 Å². The van der Waals surface area contributed by atoms with Crippen molar-refractivity contribution in [3.8, 4) is 5.69 Å². The number of carbonyl (C=O) groups excluding carboxylic acids is 1. The largest absolute Gasteiger partial charge is 0.465 e. The van der Waals surface area contributed by atoms with Crippen molar-refractivity contribution in [2.45, 2.75) is 13.1 Å². The van der Waals surface area contributed by atoms with E-state index in [4.69, 9.17) is 9.47 Å². The van der Waals surface area contributed by atoms with Gasteiger partial charge in [0.1, 0.15) is 11.3 Å². The van der Waals surface area contributed by atoms with Crippen LogP contribution in [0.3, 0.4) is 0 Å². The van der Waals surface area contributed by atoms with Crippen molar-refractivity contribution in [1.29, 1.82) is 0 Å². The standard InChI is InChI=1S/C24H21F3N4O3/c1-14-29-22-17(23(32)33-2)12-15(30-8-10-34-11-9-30)13-20(22)31(14)19-6-7-28-21-16(19)4-3-5-18(21)24(25,26)27/h3-7,12-13H,8-11H2,1-2H3. The van der Waals surface area contributed by atoms with Crippen LogP contribution in [-0.4, -0.2) is 53.9 Å². The third kappa shape index (κ3) is 3.63. The molecule has 1 aliphatic heterocycles. The van der Waals surface area contributed by atoms with Crippen LogP contribution >= 0.6 is 0 Å². The number of halogens is 3. The molecule has 2 aromatic heterocycles. The summed E-state index contributed by atoms with van der Waals surface area (Å²) in [4.78, 5) is 23.4. The fraction of sp³-hybridized carbons (Fsp3) is 0.292. The lowest BCUT2D eigenvalue weighted by Gasteiger charge is -2.29. The highest BCUT2D eigenvalue weighted by Crippen LogP contribution is 2.37. The third-order valence-corrected chi connectivity index (χ3v) is 5.99. The highest BCUT2D eigenvalue weighted by molar-refractivity contribution is 6.05. The lowest BCUT2D eigenvalue weighted by Crippen LogP contribution is -2.36. The zero-order chi connectivity index (χ0) is 24.0. The lowest BCUT2D eigenvalue weighted by atomic mass is 10.1. The first-order valence-electron chi connectivity index (χ1n) is 10.7. The molecular formula is C24H21F3N4O3. The highest BCUT2D eigenvalue weighted by atomic mass is 19.4. The number of benzene rings is 2. The van der Waals surface area contributed by atoms with E-state index in [0.717, 1.165) is 11.8 Å². The summed E-state index contributed by atoms with van der Waals surface area (Å²) in [5.74, 6) is -0.0205. The molecule has 0 spiro atoms. The predicted molar refractivity (Wildman–Crippen MR) is 120 cm³/mol. The number of pyridine rings is 1. The molecule has 5 rings (SSSR count). The number of carbonyl (C=O) groups is 1. The van der Waals surface area contributed by atoms with Crippen molar-refractivity contribution in [2.24, 2.45) is 0 Å². The Morgan fingerprint density at radius 1 is 1.12 bits per heavy atom. The van der Waals surface area contributed by atoms with Gasteiger partial charge in [0.2, 0.25) is 0 Å². The molecule has 2 aromatic carbocycles. The van der Waals surface area contributed by atoms with E-state index in [1.54, 1.807) is 29.7 Å². The second-order valence-corrected chi connectivity index (χ2v) is 7.98. The van der Waals surface area contributed by atoms with E-state index in [2.05, 4.69) is 14.9 Å². The molecule has 0 atom stereocenters. The van der Waals surface area contributed by atoms with Crippen LogP contribution in [0.5, 0.6) is 0 Å². The van der Waals surface area contributed by atoms with Gasteiger partial charge in [0, 0.05) is 30.4 Å². The summed E-state index contributed by atoms with van der Waals surface area (Å²) >= 11 is 0. The van der Waals surface area contributed by atoms with Gasteiger partial charge < -0.3 is 14.4 Å². The van der Waals surface area contributed by atoms with E-state index in [-0.39, 0.29) is 11.1 Å². The van der Waals surface area contributed by atoms with Crippen molar-refractivity contribution in [2.75, 3.05) is 38.3 Å². The molecule has 0 amide bonds. The van der Waals surface area contributed by atoms with Crippen LogP contribution in [0.25, 0.3) is 27.6 Å². The summed E-state index contributed by atoms with van der Waals surface area (Å²) in [5.41, 5.74) is 1.62. The quantitative estimate of drug-likeness (QED) is 0.410. The Bertz CT molecular complexity index is 1410. The number of nitrogens with zero attached hydrogens (tertiary/aromatic N) is 4. The Morgan fingerprint density at radius 3 is 2.59 bits per heavy atom. The fourth-order valence-corrected chi connectivity index (χ4v) is 4.44. The van der Waals surface area contributed by atoms with Crippen molar-refractivity contribution >= 4 is 33.6 Å². The van der Waals surface area contributed by atoms with E-state index >= 15 is 0 Å². The minimum absolute atomic E-state index is 0.147. The zero-order valence-electron chi connectivity index (χ0n) is 18.5. The lowest BCUT2D eigenvalue weighted by molar-refractivity contribution is -0.136. The molecule has 0 aliphatic carbocycles. The van der Waals surface area contributed by atoms with Crippen LogP contribution in [0, 0.1) is 6.92 Å². The Kier molecular flexibility index (Phi) is 5.40. The normalized spacial score (nSPS) is 14.7. The Hall–Kier alpha value is -3.66. The maximum absolute atomic E-state index is 13.6. The first-order valence-corrected chi connectivity index (χ1v) is 10.7. The fourth-order valence-electron chi connectivity index (χ4n) is 4.44. The molecule has 4 aromatic rings. The van der Waals surface area contributed by atoms with Gasteiger partial charge in [-0.05, 0) is 31.2 Å². The molecule has 0 saturated carbocycles. The number of fused-ring (bicyclic) bond motifs is 2. The van der Waals surface area contributed by atoms with Gasteiger partial charge in [0.15, 0.2) is 0 Å². The van der Waals surface area contributed by atoms with Crippen molar-refractivity contribution in [3.05, 3.63) is 59.5 Å². The maximum atomic E-state index is 13.6. The molecule has 10 heteroatoms. The second-order valence-electron chi connectivity index (χ2n) is 7.98. The molecule has 3 heterocycles. The van der Waals surface area contributed by atoms with E-state index in [0.29, 0.717) is 54.2 Å². The molecule has 0 bridgehead atoms. The van der Waals surface area contributed by atoms with Crippen LogP contribution in [0.15, 0.2) is 42.6 Å². The number of anilines is 1. The number of para-hydroxylation sites is 1. The van der Waals surface area contributed by atoms with Gasteiger partial charge in [-0.3, -0.25) is 9.55 Å². The van der Waals surface area contributed by atoms with Crippen LogP contribution in [-0.2, 0) is 15.7 Å². The molecule has 0 unspecified atom stereocenters. The minimum atomic E-state index is -4.54. The van der Waals surface area contributed by atoms with Crippen LogP contribution in [0.1, 0.15) is 21.7 Å². The molecule has 1 fully saturated rings. The van der Waals surface area contributed by atoms with Gasteiger partial charge in [-0.25, -0.2) is 9.78 Å². The molecule has 176 valence electrons. The summed E-state index contributed by atoms with van der Waals surface area (Å²) in [7, 11) is 1.30. The molecule has 1 aliphatic rings. The van der Waals surface area contributed by atoms with Gasteiger partial charge in [0.05, 0.1) is 48.2 Å². The van der Waals surface area contributed by atoms with Gasteiger partial charge in [-0.2, -0.15) is 13.2 Å². The average molecular weight is 470 g/mol. The van der Waals surface area contributed by atoms with Gasteiger partial charge in [-0.1, -0.05) is 12.1 Å². The number of rotatable bonds is 3. The summed E-state index contributed by atoms with van der Waals surface area (Å²) in [6.07, 6.45) is -3.19. The van der Waals surface area contributed by atoms with Gasteiger partial charge in [0.25, 0.3) is 0 Å². The number of esters is 1. The van der Waals surface area contributed by atoms with E-state index in [9.17, 15) is 18.0 Å². The number of hydrogen-bond donors (Lipinski definition) is 0. The topological polar surface area (TPSA) is 69.5 Å². The first kappa shape index (κ1) is 22.1. The van der Waals surface area contributed by atoms with Crippen LogP contribution < -0.4 is 4.90 Å². The number of methoxy groups -OCH3 is 1. The van der Waals surface area contributed by atoms with Crippen molar-refractivity contribution < 1.29 is 27.4 Å². The van der Waals surface area contributed by atoms with E-state index < -0.39 is 17.7 Å². The smallest absolute Gasteiger partial charge is 0.418 e. The summed E-state index contributed by atoms with van der Waals surface area (Å²) in [6.45, 7) is 4.15. The molecular weight excluding hydrogens is 449 g/mol. The van der Waals surface area contributed by atoms with Crippen LogP contribution in [0.4, 0.5) is 18.9 Å². The molecule has 34 heavy (non-hydrogen) atoms. The summed E-state index contributed by atoms with van der Waals surface area (Å²) in [5, 5.41) is 0.330. The molecule has 0 N–H and O–H groups in total. The average Bonchev–Trinajstić information content (AvgIpc) is 3.17. The number of hydrogen-bond acceptors (Lipinski definition) is 6.